The zero-order valence-corrected chi connectivity index (χ0v) is 12.8. The summed E-state index contributed by atoms with van der Waals surface area (Å²) in [5, 5.41) is 6.46. The molecule has 0 atom stereocenters. The molecule has 1 fully saturated rings. The highest BCUT2D eigenvalue weighted by Crippen LogP contribution is 2.50. The molecule has 2 aliphatic heterocycles. The third kappa shape index (κ3) is 1.80. The average Bonchev–Trinajstić information content (AvgIpc) is 3.15. The van der Waals surface area contributed by atoms with E-state index in [1.54, 1.807) is 0 Å². The van der Waals surface area contributed by atoms with Crippen LogP contribution in [0.3, 0.4) is 0 Å². The molecular weight excluding hydrogens is 288 g/mol. The van der Waals surface area contributed by atoms with Crippen molar-refractivity contribution >= 4 is 23.4 Å². The Morgan fingerprint density at radius 2 is 1.90 bits per heavy atom. The predicted octanol–water partition coefficient (Wildman–Crippen LogP) is 4.40. The Bertz CT molecular complexity index is 585. The lowest BCUT2D eigenvalue weighted by Crippen LogP contribution is -2.33. The van der Waals surface area contributed by atoms with Crippen molar-refractivity contribution in [3.05, 3.63) is 58.0 Å². The molecule has 2 heterocycles. The van der Waals surface area contributed by atoms with E-state index in [1.165, 1.54) is 42.8 Å². The van der Waals surface area contributed by atoms with Gasteiger partial charge in [0.2, 0.25) is 0 Å². The summed E-state index contributed by atoms with van der Waals surface area (Å²) < 4.78 is 0. The molecule has 0 radical (unpaired) electrons. The standard InChI is InChI=1S/C16H17ClN2S/c17-13-5-3-12(4-6-13)16(7-1-2-8-16)14-9-18-15-10-20-11-19(14)15/h3-6,9-10,18H,1-2,7-8,11H2. The van der Waals surface area contributed by atoms with Crippen molar-refractivity contribution in [3.63, 3.8) is 0 Å². The monoisotopic (exact) mass is 304 g/mol. The minimum Gasteiger partial charge on any atom is -0.346 e. The fourth-order valence-electron chi connectivity index (χ4n) is 3.69. The minimum absolute atomic E-state index is 0.165. The fraction of sp³-hybridized carbons (Fsp3) is 0.375. The molecule has 4 heteroatoms. The molecule has 1 saturated carbocycles. The zero-order valence-electron chi connectivity index (χ0n) is 11.2. The van der Waals surface area contributed by atoms with Crippen LogP contribution in [0.5, 0.6) is 0 Å². The second-order valence-corrected chi connectivity index (χ2v) is 6.96. The molecule has 4 rings (SSSR count). The number of benzene rings is 1. The van der Waals surface area contributed by atoms with Crippen LogP contribution in [-0.2, 0) is 5.41 Å². The van der Waals surface area contributed by atoms with Crippen molar-refractivity contribution in [3.8, 4) is 0 Å². The lowest BCUT2D eigenvalue weighted by Gasteiger charge is -2.35. The molecule has 3 aliphatic rings. The molecule has 1 aromatic carbocycles. The Labute approximate surface area is 128 Å². The van der Waals surface area contributed by atoms with Gasteiger partial charge in [0, 0.05) is 27.7 Å². The first-order valence-corrected chi connectivity index (χ1v) is 8.55. The lowest BCUT2D eigenvalue weighted by molar-refractivity contribution is 0.384. The van der Waals surface area contributed by atoms with Gasteiger partial charge in [-0.25, -0.2) is 0 Å². The van der Waals surface area contributed by atoms with Gasteiger partial charge in [-0.3, -0.25) is 0 Å². The second-order valence-electron chi connectivity index (χ2n) is 5.70. The number of halogens is 1. The molecule has 1 N–H and O–H groups in total. The Morgan fingerprint density at radius 3 is 2.65 bits per heavy atom. The fourth-order valence-corrected chi connectivity index (χ4v) is 4.67. The van der Waals surface area contributed by atoms with Crippen LogP contribution in [-0.4, -0.2) is 10.8 Å². The van der Waals surface area contributed by atoms with Crippen LogP contribution in [0.4, 0.5) is 0 Å². The van der Waals surface area contributed by atoms with Gasteiger partial charge in [-0.05, 0) is 30.5 Å². The number of fused-ring (bicyclic) bond motifs is 1. The maximum Gasteiger partial charge on any atom is 0.117 e. The molecular formula is C16H17ClN2S. The first kappa shape index (κ1) is 12.7. The van der Waals surface area contributed by atoms with Gasteiger partial charge in [0.15, 0.2) is 0 Å². The third-order valence-electron chi connectivity index (χ3n) is 4.68. The molecule has 0 amide bonds. The van der Waals surface area contributed by atoms with E-state index in [9.17, 15) is 0 Å². The van der Waals surface area contributed by atoms with Gasteiger partial charge >= 0.3 is 0 Å². The van der Waals surface area contributed by atoms with Crippen molar-refractivity contribution < 1.29 is 0 Å². The molecule has 0 saturated heterocycles. The molecule has 104 valence electrons. The minimum atomic E-state index is 0.165. The van der Waals surface area contributed by atoms with E-state index >= 15 is 0 Å². The summed E-state index contributed by atoms with van der Waals surface area (Å²) in [5.41, 5.74) is 3.01. The van der Waals surface area contributed by atoms with E-state index in [0.29, 0.717) is 0 Å². The largest absolute Gasteiger partial charge is 0.346 e. The summed E-state index contributed by atoms with van der Waals surface area (Å²) >= 11 is 7.93. The number of rotatable bonds is 2. The van der Waals surface area contributed by atoms with Crippen LogP contribution in [0.25, 0.3) is 0 Å². The van der Waals surface area contributed by atoms with Crippen molar-refractivity contribution in [2.45, 2.75) is 31.1 Å². The molecule has 0 unspecified atom stereocenters. The topological polar surface area (TPSA) is 15.3 Å². The highest BCUT2D eigenvalue weighted by atomic mass is 35.5. The van der Waals surface area contributed by atoms with Crippen LogP contribution in [0.15, 0.2) is 47.4 Å². The molecule has 20 heavy (non-hydrogen) atoms. The number of allylic oxidation sites excluding steroid dienone is 1. The Kier molecular flexibility index (Phi) is 3.00. The maximum absolute atomic E-state index is 6.06. The van der Waals surface area contributed by atoms with Gasteiger partial charge in [-0.1, -0.05) is 36.6 Å². The smallest absolute Gasteiger partial charge is 0.117 e. The first-order chi connectivity index (χ1) is 9.79. The maximum atomic E-state index is 6.06. The summed E-state index contributed by atoms with van der Waals surface area (Å²) in [6.45, 7) is 0. The molecule has 0 bridgehead atoms. The van der Waals surface area contributed by atoms with Crippen LogP contribution >= 0.6 is 23.4 Å². The van der Waals surface area contributed by atoms with Crippen LogP contribution < -0.4 is 5.32 Å². The highest BCUT2D eigenvalue weighted by Gasteiger charge is 2.44. The number of thioether (sulfide) groups is 1. The Hall–Kier alpha value is -1.06. The summed E-state index contributed by atoms with van der Waals surface area (Å²) in [7, 11) is 0. The third-order valence-corrected chi connectivity index (χ3v) is 5.73. The van der Waals surface area contributed by atoms with Crippen molar-refractivity contribution in [1.29, 1.82) is 0 Å². The summed E-state index contributed by atoms with van der Waals surface area (Å²) in [6, 6.07) is 8.46. The van der Waals surface area contributed by atoms with E-state index in [-0.39, 0.29) is 5.41 Å². The lowest BCUT2D eigenvalue weighted by atomic mass is 9.76. The molecule has 0 aromatic heterocycles. The summed E-state index contributed by atoms with van der Waals surface area (Å²) in [6.07, 6.45) is 7.29. The van der Waals surface area contributed by atoms with Crippen molar-refractivity contribution in [2.24, 2.45) is 0 Å². The molecule has 2 nitrogen and oxygen atoms in total. The number of nitrogens with one attached hydrogen (secondary N) is 1. The van der Waals surface area contributed by atoms with Gasteiger partial charge in [0.05, 0.1) is 5.88 Å². The summed E-state index contributed by atoms with van der Waals surface area (Å²) in [4.78, 5) is 2.44. The SMILES string of the molecule is Clc1ccc(C2(C3=CNC4=CSCN43)CCCC2)cc1. The normalized spacial score (nSPS) is 23.4. The van der Waals surface area contributed by atoms with Crippen LogP contribution in [0, 0.1) is 0 Å². The number of nitrogens with zero attached hydrogens (tertiary/aromatic N) is 1. The van der Waals surface area contributed by atoms with Gasteiger partial charge in [0.25, 0.3) is 0 Å². The van der Waals surface area contributed by atoms with Gasteiger partial charge in [-0.2, -0.15) is 0 Å². The average molecular weight is 305 g/mol. The molecule has 1 aromatic rings. The summed E-state index contributed by atoms with van der Waals surface area (Å²) in [5.74, 6) is 2.27. The highest BCUT2D eigenvalue weighted by molar-refractivity contribution is 8.02. The van der Waals surface area contributed by atoms with Crippen LogP contribution in [0.1, 0.15) is 31.2 Å². The number of hydrogen-bond acceptors (Lipinski definition) is 3. The van der Waals surface area contributed by atoms with E-state index in [0.717, 1.165) is 10.9 Å². The van der Waals surface area contributed by atoms with Gasteiger partial charge in [0.1, 0.15) is 5.82 Å². The second kappa shape index (κ2) is 4.74. The van der Waals surface area contributed by atoms with Crippen molar-refractivity contribution in [1.82, 2.24) is 10.2 Å². The van der Waals surface area contributed by atoms with Gasteiger partial charge in [-0.15, -0.1) is 11.8 Å². The van der Waals surface area contributed by atoms with Crippen molar-refractivity contribution in [2.75, 3.05) is 5.88 Å². The zero-order chi connectivity index (χ0) is 13.6. The quantitative estimate of drug-likeness (QED) is 0.871. The first-order valence-electron chi connectivity index (χ1n) is 7.12. The molecule has 1 aliphatic carbocycles. The Balaban J connectivity index is 1.77. The predicted molar refractivity (Wildman–Crippen MR) is 85.2 cm³/mol. The van der Waals surface area contributed by atoms with E-state index in [1.807, 2.05) is 23.9 Å². The van der Waals surface area contributed by atoms with E-state index in [4.69, 9.17) is 11.6 Å². The van der Waals surface area contributed by atoms with Gasteiger partial charge < -0.3 is 10.2 Å². The molecule has 0 spiro atoms. The van der Waals surface area contributed by atoms with Crippen LogP contribution in [0.2, 0.25) is 5.02 Å². The van der Waals surface area contributed by atoms with E-state index in [2.05, 4.69) is 34.0 Å². The Morgan fingerprint density at radius 1 is 1.15 bits per heavy atom. The van der Waals surface area contributed by atoms with E-state index < -0.39 is 0 Å². The number of hydrogen-bond donors (Lipinski definition) is 1.